The Labute approximate surface area is 92.6 Å². The molecule has 0 saturated carbocycles. The number of hydrogen-bond acceptors (Lipinski definition) is 2. The summed E-state index contributed by atoms with van der Waals surface area (Å²) in [5, 5.41) is 5.26. The lowest BCUT2D eigenvalue weighted by Crippen LogP contribution is -2.03. The summed E-state index contributed by atoms with van der Waals surface area (Å²) < 4.78 is 12.8. The molecule has 2 aromatic rings. The molecule has 1 aromatic carbocycles. The van der Waals surface area contributed by atoms with E-state index in [-0.39, 0.29) is 5.82 Å². The Morgan fingerprint density at radius 2 is 2.13 bits per heavy atom. The Kier molecular flexibility index (Phi) is 3.35. The van der Waals surface area contributed by atoms with Crippen molar-refractivity contribution in [3.05, 3.63) is 52.5 Å². The van der Waals surface area contributed by atoms with Crippen LogP contribution in [0.2, 0.25) is 0 Å². The van der Waals surface area contributed by atoms with Crippen molar-refractivity contribution in [2.45, 2.75) is 6.42 Å². The SMILES string of the molecule is Fc1cccc(NCCc2cccs2)c1. The van der Waals surface area contributed by atoms with Crippen LogP contribution in [0.15, 0.2) is 41.8 Å². The fourth-order valence-corrected chi connectivity index (χ4v) is 2.09. The molecule has 0 radical (unpaired) electrons. The van der Waals surface area contributed by atoms with Crippen molar-refractivity contribution in [1.29, 1.82) is 0 Å². The highest BCUT2D eigenvalue weighted by molar-refractivity contribution is 7.09. The lowest BCUT2D eigenvalue weighted by atomic mass is 10.3. The zero-order valence-corrected chi connectivity index (χ0v) is 9.06. The van der Waals surface area contributed by atoms with Gasteiger partial charge in [-0.1, -0.05) is 12.1 Å². The van der Waals surface area contributed by atoms with Gasteiger partial charge in [-0.05, 0) is 36.1 Å². The third-order valence-corrected chi connectivity index (χ3v) is 3.04. The average molecular weight is 221 g/mol. The number of rotatable bonds is 4. The molecule has 0 amide bonds. The largest absolute Gasteiger partial charge is 0.385 e. The third kappa shape index (κ3) is 3.06. The minimum atomic E-state index is -0.198. The van der Waals surface area contributed by atoms with Gasteiger partial charge in [-0.3, -0.25) is 0 Å². The molecule has 0 fully saturated rings. The lowest BCUT2D eigenvalue weighted by Gasteiger charge is -2.04. The summed E-state index contributed by atoms with van der Waals surface area (Å²) in [5.74, 6) is -0.198. The first kappa shape index (κ1) is 10.2. The number of nitrogens with one attached hydrogen (secondary N) is 1. The van der Waals surface area contributed by atoms with Crippen molar-refractivity contribution in [1.82, 2.24) is 0 Å². The predicted molar refractivity (Wildman–Crippen MR) is 62.9 cm³/mol. The highest BCUT2D eigenvalue weighted by Crippen LogP contribution is 2.11. The molecule has 0 aliphatic rings. The van der Waals surface area contributed by atoms with Crippen LogP contribution in [-0.4, -0.2) is 6.54 Å². The first-order chi connectivity index (χ1) is 7.34. The molecule has 0 aliphatic heterocycles. The Morgan fingerprint density at radius 3 is 2.87 bits per heavy atom. The zero-order valence-electron chi connectivity index (χ0n) is 8.24. The predicted octanol–water partition coefficient (Wildman–Crippen LogP) is 3.54. The standard InChI is InChI=1S/C12H12FNS/c13-10-3-1-4-11(9-10)14-7-6-12-5-2-8-15-12/h1-5,8-9,14H,6-7H2. The monoisotopic (exact) mass is 221 g/mol. The number of halogens is 1. The summed E-state index contributed by atoms with van der Waals surface area (Å²) in [5.41, 5.74) is 0.839. The number of thiophene rings is 1. The van der Waals surface area contributed by atoms with Crippen LogP contribution in [-0.2, 0) is 6.42 Å². The molecule has 0 saturated heterocycles. The zero-order chi connectivity index (χ0) is 10.5. The summed E-state index contributed by atoms with van der Waals surface area (Å²) in [6.07, 6.45) is 0.980. The molecule has 1 aromatic heterocycles. The van der Waals surface area contributed by atoms with E-state index >= 15 is 0 Å². The van der Waals surface area contributed by atoms with E-state index in [4.69, 9.17) is 0 Å². The van der Waals surface area contributed by atoms with E-state index in [0.717, 1.165) is 18.7 Å². The van der Waals surface area contributed by atoms with Gasteiger partial charge in [0.25, 0.3) is 0 Å². The average Bonchev–Trinajstić information content (AvgIpc) is 2.71. The van der Waals surface area contributed by atoms with Gasteiger partial charge in [-0.25, -0.2) is 4.39 Å². The minimum absolute atomic E-state index is 0.198. The highest BCUT2D eigenvalue weighted by atomic mass is 32.1. The minimum Gasteiger partial charge on any atom is -0.385 e. The molecule has 1 heterocycles. The van der Waals surface area contributed by atoms with E-state index in [2.05, 4.69) is 16.8 Å². The van der Waals surface area contributed by atoms with Crippen LogP contribution in [0.5, 0.6) is 0 Å². The Morgan fingerprint density at radius 1 is 1.20 bits per heavy atom. The topological polar surface area (TPSA) is 12.0 Å². The van der Waals surface area contributed by atoms with E-state index < -0.39 is 0 Å². The number of hydrogen-bond donors (Lipinski definition) is 1. The van der Waals surface area contributed by atoms with Crippen LogP contribution in [0, 0.1) is 5.82 Å². The van der Waals surface area contributed by atoms with Crippen molar-refractivity contribution in [2.24, 2.45) is 0 Å². The van der Waals surface area contributed by atoms with Crippen molar-refractivity contribution in [2.75, 3.05) is 11.9 Å². The number of benzene rings is 1. The van der Waals surface area contributed by atoms with Gasteiger partial charge in [0.1, 0.15) is 5.82 Å². The molecular weight excluding hydrogens is 209 g/mol. The van der Waals surface area contributed by atoms with Gasteiger partial charge in [0.2, 0.25) is 0 Å². The molecule has 1 N–H and O–H groups in total. The maximum atomic E-state index is 12.8. The molecule has 15 heavy (non-hydrogen) atoms. The molecule has 0 unspecified atom stereocenters. The van der Waals surface area contributed by atoms with Crippen molar-refractivity contribution in [3.63, 3.8) is 0 Å². The highest BCUT2D eigenvalue weighted by Gasteiger charge is 1.95. The van der Waals surface area contributed by atoms with Gasteiger partial charge in [-0.15, -0.1) is 11.3 Å². The van der Waals surface area contributed by atoms with Gasteiger partial charge in [0, 0.05) is 17.1 Å². The van der Waals surface area contributed by atoms with E-state index in [1.54, 1.807) is 17.4 Å². The Hall–Kier alpha value is -1.35. The Bertz CT molecular complexity index is 411. The van der Waals surface area contributed by atoms with E-state index in [9.17, 15) is 4.39 Å². The van der Waals surface area contributed by atoms with Crippen molar-refractivity contribution in [3.8, 4) is 0 Å². The molecule has 0 bridgehead atoms. The molecule has 0 spiro atoms. The molecule has 2 rings (SSSR count). The first-order valence-electron chi connectivity index (χ1n) is 4.86. The summed E-state index contributed by atoms with van der Waals surface area (Å²) in [4.78, 5) is 1.35. The second-order valence-electron chi connectivity index (χ2n) is 3.27. The Balaban J connectivity index is 1.83. The molecular formula is C12H12FNS. The van der Waals surface area contributed by atoms with Crippen LogP contribution in [0.3, 0.4) is 0 Å². The number of anilines is 1. The van der Waals surface area contributed by atoms with E-state index in [0.29, 0.717) is 0 Å². The second-order valence-corrected chi connectivity index (χ2v) is 4.30. The van der Waals surface area contributed by atoms with Crippen LogP contribution in [0.25, 0.3) is 0 Å². The summed E-state index contributed by atoms with van der Waals surface area (Å²) in [7, 11) is 0. The van der Waals surface area contributed by atoms with Crippen molar-refractivity contribution < 1.29 is 4.39 Å². The normalized spacial score (nSPS) is 10.2. The van der Waals surface area contributed by atoms with Gasteiger partial charge in [0.15, 0.2) is 0 Å². The van der Waals surface area contributed by atoms with Gasteiger partial charge < -0.3 is 5.32 Å². The van der Waals surface area contributed by atoms with Crippen molar-refractivity contribution >= 4 is 17.0 Å². The molecule has 0 aliphatic carbocycles. The van der Waals surface area contributed by atoms with Crippen LogP contribution < -0.4 is 5.32 Å². The van der Waals surface area contributed by atoms with Gasteiger partial charge in [-0.2, -0.15) is 0 Å². The summed E-state index contributed by atoms with van der Waals surface area (Å²) in [6, 6.07) is 10.7. The molecule has 78 valence electrons. The van der Waals surface area contributed by atoms with Crippen LogP contribution in [0.1, 0.15) is 4.88 Å². The molecule has 0 atom stereocenters. The molecule has 3 heteroatoms. The second kappa shape index (κ2) is 4.94. The maximum Gasteiger partial charge on any atom is 0.125 e. The summed E-state index contributed by atoms with van der Waals surface area (Å²) >= 11 is 1.75. The third-order valence-electron chi connectivity index (χ3n) is 2.11. The van der Waals surface area contributed by atoms with Crippen LogP contribution >= 0.6 is 11.3 Å². The lowest BCUT2D eigenvalue weighted by molar-refractivity contribution is 0.628. The maximum absolute atomic E-state index is 12.8. The molecule has 1 nitrogen and oxygen atoms in total. The summed E-state index contributed by atoms with van der Waals surface area (Å²) in [6.45, 7) is 0.837. The fourth-order valence-electron chi connectivity index (χ4n) is 1.38. The van der Waals surface area contributed by atoms with Crippen LogP contribution in [0.4, 0.5) is 10.1 Å². The van der Waals surface area contributed by atoms with Gasteiger partial charge >= 0.3 is 0 Å². The fraction of sp³-hybridized carbons (Fsp3) is 0.167. The van der Waals surface area contributed by atoms with E-state index in [1.807, 2.05) is 12.1 Å². The first-order valence-corrected chi connectivity index (χ1v) is 5.74. The van der Waals surface area contributed by atoms with Gasteiger partial charge in [0.05, 0.1) is 0 Å². The van der Waals surface area contributed by atoms with E-state index in [1.165, 1.54) is 17.0 Å². The quantitative estimate of drug-likeness (QED) is 0.832. The smallest absolute Gasteiger partial charge is 0.125 e.